The van der Waals surface area contributed by atoms with Crippen LogP contribution in [-0.2, 0) is 0 Å². The van der Waals surface area contributed by atoms with Gasteiger partial charge >= 0.3 is 0 Å². The van der Waals surface area contributed by atoms with E-state index >= 15 is 0 Å². The smallest absolute Gasteiger partial charge is 0.0956 e. The number of hydrogen-bond acceptors (Lipinski definition) is 2. The van der Waals surface area contributed by atoms with E-state index in [1.807, 2.05) is 6.20 Å². The molecule has 1 aliphatic rings. The number of thioether (sulfide) groups is 1. The molecule has 1 heterocycles. The molecule has 0 N–H and O–H groups in total. The van der Waals surface area contributed by atoms with E-state index in [2.05, 4.69) is 42.5 Å². The summed E-state index contributed by atoms with van der Waals surface area (Å²) in [5.41, 5.74) is 1.43. The number of hydrogen-bond donors (Lipinski definition) is 0. The van der Waals surface area contributed by atoms with Crippen LogP contribution in [0.3, 0.4) is 0 Å². The first-order valence-corrected chi connectivity index (χ1v) is 5.66. The van der Waals surface area contributed by atoms with Crippen LogP contribution >= 0.6 is 11.8 Å². The topological polar surface area (TPSA) is 12.4 Å². The van der Waals surface area contributed by atoms with E-state index in [0.717, 1.165) is 17.9 Å². The van der Waals surface area contributed by atoms with Crippen molar-refractivity contribution in [1.82, 2.24) is 0 Å². The molecule has 0 saturated heterocycles. The van der Waals surface area contributed by atoms with Crippen molar-refractivity contribution in [3.05, 3.63) is 36.1 Å². The third-order valence-electron chi connectivity index (χ3n) is 1.84. The second-order valence-corrected chi connectivity index (χ2v) is 3.66. The highest BCUT2D eigenvalue weighted by Crippen LogP contribution is 2.15. The molecule has 13 heavy (non-hydrogen) atoms. The van der Waals surface area contributed by atoms with Gasteiger partial charge in [0.2, 0.25) is 0 Å². The van der Waals surface area contributed by atoms with Gasteiger partial charge in [-0.3, -0.25) is 4.99 Å². The van der Waals surface area contributed by atoms with Gasteiger partial charge in [-0.1, -0.05) is 23.8 Å². The molecule has 0 aromatic carbocycles. The van der Waals surface area contributed by atoms with E-state index in [1.54, 1.807) is 11.8 Å². The highest BCUT2D eigenvalue weighted by Gasteiger charge is 1.99. The molecule has 0 radical (unpaired) electrons. The summed E-state index contributed by atoms with van der Waals surface area (Å²) in [6.07, 6.45) is 14.6. The third-order valence-corrected chi connectivity index (χ3v) is 2.48. The Morgan fingerprint density at radius 1 is 1.62 bits per heavy atom. The van der Waals surface area contributed by atoms with Crippen LogP contribution in [0.25, 0.3) is 0 Å². The van der Waals surface area contributed by atoms with Crippen LogP contribution in [0.15, 0.2) is 41.1 Å². The zero-order valence-electron chi connectivity index (χ0n) is 8.16. The highest BCUT2D eigenvalue weighted by atomic mass is 32.2. The van der Waals surface area contributed by atoms with Gasteiger partial charge in [-0.2, -0.15) is 0 Å². The summed E-state index contributed by atoms with van der Waals surface area (Å²) in [5.74, 6) is 0. The van der Waals surface area contributed by atoms with E-state index in [4.69, 9.17) is 0 Å². The lowest BCUT2D eigenvalue weighted by Crippen LogP contribution is -1.86. The molecule has 0 spiro atoms. The predicted molar refractivity (Wildman–Crippen MR) is 62.2 cm³/mol. The van der Waals surface area contributed by atoms with Crippen molar-refractivity contribution in [3.8, 4) is 0 Å². The van der Waals surface area contributed by atoms with Crippen LogP contribution in [0.2, 0.25) is 0 Å². The molecule has 0 aromatic heterocycles. The molecule has 0 amide bonds. The molecule has 1 aliphatic heterocycles. The second kappa shape index (κ2) is 5.81. The molecule has 0 aromatic rings. The summed E-state index contributed by atoms with van der Waals surface area (Å²) in [6.45, 7) is 2.05. The SMILES string of the molecule is C/C=C\CC1=CC(SC)=NC=CC1. The van der Waals surface area contributed by atoms with E-state index in [-0.39, 0.29) is 0 Å². The van der Waals surface area contributed by atoms with Crippen LogP contribution in [-0.4, -0.2) is 11.3 Å². The zero-order valence-corrected chi connectivity index (χ0v) is 8.97. The number of nitrogens with zero attached hydrogens (tertiary/aromatic N) is 1. The molecule has 0 aliphatic carbocycles. The Labute approximate surface area is 84.3 Å². The van der Waals surface area contributed by atoms with Crippen molar-refractivity contribution in [2.45, 2.75) is 19.8 Å². The second-order valence-electron chi connectivity index (χ2n) is 2.84. The predicted octanol–water partition coefficient (Wildman–Crippen LogP) is 3.56. The van der Waals surface area contributed by atoms with Crippen LogP contribution in [0.5, 0.6) is 0 Å². The quantitative estimate of drug-likeness (QED) is 0.611. The van der Waals surface area contributed by atoms with Gasteiger partial charge in [0.05, 0.1) is 5.04 Å². The average molecular weight is 193 g/mol. The minimum absolute atomic E-state index is 1.03. The first kappa shape index (κ1) is 10.3. The monoisotopic (exact) mass is 193 g/mol. The molecular formula is C11H15NS. The fourth-order valence-electron chi connectivity index (χ4n) is 1.12. The van der Waals surface area contributed by atoms with Crippen molar-refractivity contribution in [3.63, 3.8) is 0 Å². The van der Waals surface area contributed by atoms with Crippen molar-refractivity contribution in [2.75, 3.05) is 6.26 Å². The maximum atomic E-state index is 4.30. The molecule has 1 rings (SSSR count). The molecule has 1 nitrogen and oxygen atoms in total. The van der Waals surface area contributed by atoms with Crippen LogP contribution in [0.1, 0.15) is 19.8 Å². The maximum absolute atomic E-state index is 4.30. The average Bonchev–Trinajstić information content (AvgIpc) is 2.39. The fourth-order valence-corrected chi connectivity index (χ4v) is 1.57. The van der Waals surface area contributed by atoms with Crippen LogP contribution in [0, 0.1) is 0 Å². The van der Waals surface area contributed by atoms with Gasteiger partial charge in [-0.25, -0.2) is 0 Å². The molecule has 0 saturated carbocycles. The van der Waals surface area contributed by atoms with Gasteiger partial charge in [0.25, 0.3) is 0 Å². The Morgan fingerprint density at radius 3 is 3.15 bits per heavy atom. The molecule has 0 bridgehead atoms. The Balaban J connectivity index is 2.68. The molecule has 2 heteroatoms. The van der Waals surface area contributed by atoms with Crippen LogP contribution in [0.4, 0.5) is 0 Å². The Morgan fingerprint density at radius 2 is 2.46 bits per heavy atom. The highest BCUT2D eigenvalue weighted by molar-refractivity contribution is 8.13. The van der Waals surface area contributed by atoms with Crippen molar-refractivity contribution >= 4 is 16.8 Å². The summed E-state index contributed by atoms with van der Waals surface area (Å²) in [4.78, 5) is 4.30. The number of allylic oxidation sites excluding steroid dienone is 4. The molecule has 70 valence electrons. The Hall–Kier alpha value is -0.760. The number of rotatable bonds is 2. The van der Waals surface area contributed by atoms with Crippen molar-refractivity contribution in [2.24, 2.45) is 4.99 Å². The van der Waals surface area contributed by atoms with Gasteiger partial charge in [0, 0.05) is 6.20 Å². The zero-order chi connectivity index (χ0) is 9.52. The minimum atomic E-state index is 1.03. The molecular weight excluding hydrogens is 178 g/mol. The third kappa shape index (κ3) is 3.64. The van der Waals surface area contributed by atoms with E-state index < -0.39 is 0 Å². The first-order valence-electron chi connectivity index (χ1n) is 4.44. The molecule has 0 atom stereocenters. The lowest BCUT2D eigenvalue weighted by atomic mass is 10.1. The normalized spacial score (nSPS) is 17.1. The maximum Gasteiger partial charge on any atom is 0.0956 e. The Bertz CT molecular complexity index is 272. The van der Waals surface area contributed by atoms with Gasteiger partial charge in [-0.15, -0.1) is 11.8 Å². The largest absolute Gasteiger partial charge is 0.250 e. The van der Waals surface area contributed by atoms with E-state index in [1.165, 1.54) is 5.57 Å². The van der Waals surface area contributed by atoms with Crippen molar-refractivity contribution in [1.29, 1.82) is 0 Å². The van der Waals surface area contributed by atoms with Gasteiger partial charge < -0.3 is 0 Å². The van der Waals surface area contributed by atoms with Gasteiger partial charge in [0.1, 0.15) is 0 Å². The van der Waals surface area contributed by atoms with E-state index in [0.29, 0.717) is 0 Å². The van der Waals surface area contributed by atoms with E-state index in [9.17, 15) is 0 Å². The fraction of sp³-hybridized carbons (Fsp3) is 0.364. The summed E-state index contributed by atoms with van der Waals surface area (Å²) in [6, 6.07) is 0. The first-order chi connectivity index (χ1) is 6.36. The summed E-state index contributed by atoms with van der Waals surface area (Å²) in [5, 5.41) is 1.10. The lowest BCUT2D eigenvalue weighted by molar-refractivity contribution is 1.11. The van der Waals surface area contributed by atoms with Gasteiger partial charge in [-0.05, 0) is 32.1 Å². The van der Waals surface area contributed by atoms with Crippen molar-refractivity contribution < 1.29 is 0 Å². The van der Waals surface area contributed by atoms with Crippen LogP contribution < -0.4 is 0 Å². The van der Waals surface area contributed by atoms with Gasteiger partial charge in [0.15, 0.2) is 0 Å². The molecule has 0 unspecified atom stereocenters. The summed E-state index contributed by atoms with van der Waals surface area (Å²) < 4.78 is 0. The standard InChI is InChI=1S/C11H15NS/c1-3-4-6-10-7-5-8-12-11(9-10)13-2/h3-5,8-9H,6-7H2,1-2H3/b4-3-. The number of aliphatic imine (C=N–C) groups is 1. The summed E-state index contributed by atoms with van der Waals surface area (Å²) in [7, 11) is 0. The summed E-state index contributed by atoms with van der Waals surface area (Å²) >= 11 is 1.69. The molecule has 0 fully saturated rings. The minimum Gasteiger partial charge on any atom is -0.250 e. The Kier molecular flexibility index (Phi) is 4.61. The lowest BCUT2D eigenvalue weighted by Gasteiger charge is -1.99.